The minimum atomic E-state index is -1.05. The number of aromatic nitrogens is 2. The van der Waals surface area contributed by atoms with Crippen LogP contribution >= 0.6 is 0 Å². The summed E-state index contributed by atoms with van der Waals surface area (Å²) < 4.78 is 4.80. The van der Waals surface area contributed by atoms with Gasteiger partial charge >= 0.3 is 5.97 Å². The molecule has 20 heavy (non-hydrogen) atoms. The first-order valence-corrected chi connectivity index (χ1v) is 5.66. The van der Waals surface area contributed by atoms with E-state index in [2.05, 4.69) is 15.5 Å². The number of aryl methyl sites for hydroxylation is 1. The van der Waals surface area contributed by atoms with Crippen molar-refractivity contribution < 1.29 is 19.2 Å². The van der Waals surface area contributed by atoms with E-state index in [0.29, 0.717) is 17.1 Å². The molecule has 1 amide bonds. The van der Waals surface area contributed by atoms with Crippen LogP contribution in [0.3, 0.4) is 0 Å². The van der Waals surface area contributed by atoms with Gasteiger partial charge in [0.25, 0.3) is 5.91 Å². The Morgan fingerprint density at radius 2 is 2.20 bits per heavy atom. The average Bonchev–Trinajstić information content (AvgIpc) is 2.84. The number of anilines is 1. The van der Waals surface area contributed by atoms with Crippen LogP contribution in [-0.2, 0) is 4.79 Å². The van der Waals surface area contributed by atoms with Crippen LogP contribution in [0.2, 0.25) is 0 Å². The van der Waals surface area contributed by atoms with Crippen molar-refractivity contribution in [3.8, 4) is 0 Å². The van der Waals surface area contributed by atoms with E-state index in [1.165, 1.54) is 18.3 Å². The fourth-order valence-corrected chi connectivity index (χ4v) is 1.44. The number of nitrogens with one attached hydrogen (secondary N) is 1. The van der Waals surface area contributed by atoms with Crippen LogP contribution in [0, 0.1) is 6.92 Å². The van der Waals surface area contributed by atoms with Gasteiger partial charge in [-0.25, -0.2) is 9.78 Å². The highest BCUT2D eigenvalue weighted by atomic mass is 16.5. The first-order valence-electron chi connectivity index (χ1n) is 5.66. The number of pyridine rings is 1. The van der Waals surface area contributed by atoms with E-state index in [0.717, 1.165) is 6.08 Å². The second-order valence-corrected chi connectivity index (χ2v) is 3.92. The molecule has 0 spiro atoms. The fraction of sp³-hybridized carbons (Fsp3) is 0.0769. The van der Waals surface area contributed by atoms with E-state index in [-0.39, 0.29) is 5.69 Å². The maximum Gasteiger partial charge on any atom is 0.328 e. The average molecular weight is 273 g/mol. The first kappa shape index (κ1) is 13.5. The van der Waals surface area contributed by atoms with E-state index in [9.17, 15) is 9.59 Å². The molecule has 102 valence electrons. The zero-order chi connectivity index (χ0) is 14.5. The monoisotopic (exact) mass is 273 g/mol. The number of hydrogen-bond donors (Lipinski definition) is 2. The van der Waals surface area contributed by atoms with Gasteiger partial charge in [-0.3, -0.25) is 4.79 Å². The second kappa shape index (κ2) is 5.79. The molecule has 0 aromatic carbocycles. The van der Waals surface area contributed by atoms with E-state index < -0.39 is 11.9 Å². The summed E-state index contributed by atoms with van der Waals surface area (Å²) in [6, 6.07) is 4.67. The van der Waals surface area contributed by atoms with Gasteiger partial charge in [0.15, 0.2) is 5.69 Å². The molecule has 0 radical (unpaired) electrons. The Hall–Kier alpha value is -2.96. The van der Waals surface area contributed by atoms with Gasteiger partial charge in [0, 0.05) is 18.3 Å². The number of carboxylic acid groups (broad SMARTS) is 1. The molecule has 0 aliphatic carbocycles. The highest BCUT2D eigenvalue weighted by molar-refractivity contribution is 6.02. The summed E-state index contributed by atoms with van der Waals surface area (Å²) in [5, 5.41) is 14.7. The van der Waals surface area contributed by atoms with Crippen molar-refractivity contribution in [2.75, 3.05) is 5.32 Å². The predicted octanol–water partition coefficient (Wildman–Crippen LogP) is 1.73. The smallest absolute Gasteiger partial charge is 0.328 e. The van der Waals surface area contributed by atoms with Gasteiger partial charge < -0.3 is 14.9 Å². The summed E-state index contributed by atoms with van der Waals surface area (Å²) in [5.74, 6) is -0.677. The van der Waals surface area contributed by atoms with Crippen LogP contribution in [-0.4, -0.2) is 27.1 Å². The minimum absolute atomic E-state index is 0.149. The van der Waals surface area contributed by atoms with Crippen molar-refractivity contribution in [1.29, 1.82) is 0 Å². The lowest BCUT2D eigenvalue weighted by Gasteiger charge is -2.02. The van der Waals surface area contributed by atoms with E-state index in [1.807, 2.05) is 0 Å². The maximum atomic E-state index is 11.8. The van der Waals surface area contributed by atoms with Gasteiger partial charge in [-0.1, -0.05) is 5.16 Å². The van der Waals surface area contributed by atoms with Gasteiger partial charge in [-0.2, -0.15) is 0 Å². The summed E-state index contributed by atoms with van der Waals surface area (Å²) in [5.41, 5.74) is 0.754. The molecule has 0 saturated carbocycles. The molecule has 0 atom stereocenters. The summed E-state index contributed by atoms with van der Waals surface area (Å²) >= 11 is 0. The lowest BCUT2D eigenvalue weighted by molar-refractivity contribution is -0.131. The number of carboxylic acids is 1. The Balaban J connectivity index is 2.11. The molecule has 0 fully saturated rings. The number of nitrogens with zero attached hydrogens (tertiary/aromatic N) is 2. The van der Waals surface area contributed by atoms with Crippen molar-refractivity contribution in [3.63, 3.8) is 0 Å². The Morgan fingerprint density at radius 1 is 1.40 bits per heavy atom. The number of carbonyl (C=O) groups is 2. The molecule has 2 heterocycles. The van der Waals surface area contributed by atoms with Crippen molar-refractivity contribution in [1.82, 2.24) is 10.1 Å². The highest BCUT2D eigenvalue weighted by Crippen LogP contribution is 2.10. The molecule has 2 aromatic heterocycles. The lowest BCUT2D eigenvalue weighted by atomic mass is 10.2. The fourth-order valence-electron chi connectivity index (χ4n) is 1.44. The quantitative estimate of drug-likeness (QED) is 0.822. The van der Waals surface area contributed by atoms with Crippen LogP contribution in [0.5, 0.6) is 0 Å². The molecule has 2 N–H and O–H groups in total. The number of aliphatic carboxylic acids is 1. The zero-order valence-corrected chi connectivity index (χ0v) is 10.5. The topological polar surface area (TPSA) is 105 Å². The molecule has 0 aliphatic rings. The summed E-state index contributed by atoms with van der Waals surface area (Å²) in [6.07, 6.45) is 3.87. The summed E-state index contributed by atoms with van der Waals surface area (Å²) in [4.78, 5) is 26.2. The van der Waals surface area contributed by atoms with Crippen molar-refractivity contribution in [2.24, 2.45) is 0 Å². The zero-order valence-electron chi connectivity index (χ0n) is 10.5. The van der Waals surface area contributed by atoms with Crippen molar-refractivity contribution in [3.05, 3.63) is 47.5 Å². The molecule has 2 rings (SSSR count). The molecular formula is C13H11N3O4. The number of amides is 1. The third-order valence-electron chi connectivity index (χ3n) is 2.30. The van der Waals surface area contributed by atoms with Gasteiger partial charge in [0.1, 0.15) is 11.6 Å². The van der Waals surface area contributed by atoms with Crippen molar-refractivity contribution >= 4 is 23.8 Å². The van der Waals surface area contributed by atoms with E-state index in [4.69, 9.17) is 9.63 Å². The molecule has 0 unspecified atom stereocenters. The number of hydrogen-bond acceptors (Lipinski definition) is 5. The summed E-state index contributed by atoms with van der Waals surface area (Å²) in [7, 11) is 0. The Kier molecular flexibility index (Phi) is 3.90. The SMILES string of the molecule is Cc1cc(C(=O)Nc2cc(/C=C/C(=O)O)ccn2)no1. The van der Waals surface area contributed by atoms with Gasteiger partial charge in [0.05, 0.1) is 0 Å². The summed E-state index contributed by atoms with van der Waals surface area (Å²) in [6.45, 7) is 1.68. The van der Waals surface area contributed by atoms with Crippen LogP contribution in [0.15, 0.2) is 35.0 Å². The number of carbonyl (C=O) groups excluding carboxylic acids is 1. The molecule has 7 heteroatoms. The third-order valence-corrected chi connectivity index (χ3v) is 2.30. The standard InChI is InChI=1S/C13H11N3O4/c1-8-6-10(16-20-8)13(19)15-11-7-9(4-5-14-11)2-3-12(17)18/h2-7H,1H3,(H,17,18)(H,14,15,19)/b3-2+. The molecule has 2 aromatic rings. The normalized spacial score (nSPS) is 10.7. The van der Waals surface area contributed by atoms with Crippen LogP contribution in [0.4, 0.5) is 5.82 Å². The van der Waals surface area contributed by atoms with Crippen LogP contribution in [0.25, 0.3) is 6.08 Å². The van der Waals surface area contributed by atoms with E-state index >= 15 is 0 Å². The molecule has 0 aliphatic heterocycles. The Labute approximate surface area is 113 Å². The van der Waals surface area contributed by atoms with Gasteiger partial charge in [0.2, 0.25) is 0 Å². The van der Waals surface area contributed by atoms with Crippen LogP contribution < -0.4 is 5.32 Å². The Morgan fingerprint density at radius 3 is 2.85 bits per heavy atom. The predicted molar refractivity (Wildman–Crippen MR) is 70.1 cm³/mol. The number of rotatable bonds is 4. The highest BCUT2D eigenvalue weighted by Gasteiger charge is 2.11. The molecule has 0 saturated heterocycles. The lowest BCUT2D eigenvalue weighted by Crippen LogP contribution is -2.13. The molecular weight excluding hydrogens is 262 g/mol. The first-order chi connectivity index (χ1) is 9.54. The second-order valence-electron chi connectivity index (χ2n) is 3.92. The Bertz CT molecular complexity index is 676. The molecule has 7 nitrogen and oxygen atoms in total. The largest absolute Gasteiger partial charge is 0.478 e. The maximum absolute atomic E-state index is 11.8. The molecule has 0 bridgehead atoms. The minimum Gasteiger partial charge on any atom is -0.478 e. The van der Waals surface area contributed by atoms with E-state index in [1.54, 1.807) is 19.1 Å². The van der Waals surface area contributed by atoms with Gasteiger partial charge in [-0.15, -0.1) is 0 Å². The van der Waals surface area contributed by atoms with Gasteiger partial charge in [-0.05, 0) is 30.7 Å². The van der Waals surface area contributed by atoms with Crippen molar-refractivity contribution in [2.45, 2.75) is 6.92 Å². The third kappa shape index (κ3) is 3.52. The van der Waals surface area contributed by atoms with Crippen LogP contribution in [0.1, 0.15) is 21.8 Å².